The predicted molar refractivity (Wildman–Crippen MR) is 139 cm³/mol. The SMILES string of the molecule is Cc1ccccc1-n1c(Sc2nc(-c3cccs3)nc3ccccc23)nc2ccccc2c1=O. The van der Waals surface area contributed by atoms with Gasteiger partial charge in [-0.3, -0.25) is 9.36 Å². The molecule has 34 heavy (non-hydrogen) atoms. The van der Waals surface area contributed by atoms with E-state index in [9.17, 15) is 4.79 Å². The molecule has 0 aliphatic carbocycles. The van der Waals surface area contributed by atoms with Crippen LogP contribution in [0.25, 0.3) is 38.2 Å². The minimum Gasteiger partial charge on any atom is -0.268 e. The van der Waals surface area contributed by atoms with Gasteiger partial charge in [-0.1, -0.05) is 54.6 Å². The normalized spacial score (nSPS) is 11.3. The number of hydrogen-bond acceptors (Lipinski definition) is 6. The highest BCUT2D eigenvalue weighted by Crippen LogP contribution is 2.34. The minimum absolute atomic E-state index is 0.0979. The van der Waals surface area contributed by atoms with E-state index in [1.54, 1.807) is 15.9 Å². The van der Waals surface area contributed by atoms with Gasteiger partial charge in [0.05, 0.1) is 27.0 Å². The average Bonchev–Trinajstić information content (AvgIpc) is 3.40. The van der Waals surface area contributed by atoms with E-state index in [0.717, 1.165) is 32.1 Å². The molecule has 0 fully saturated rings. The monoisotopic (exact) mass is 478 g/mol. The van der Waals surface area contributed by atoms with Crippen LogP contribution in [0.1, 0.15) is 5.56 Å². The van der Waals surface area contributed by atoms with Gasteiger partial charge in [0, 0.05) is 5.39 Å². The highest BCUT2D eigenvalue weighted by molar-refractivity contribution is 7.99. The zero-order valence-electron chi connectivity index (χ0n) is 18.2. The largest absolute Gasteiger partial charge is 0.268 e. The first kappa shape index (κ1) is 20.8. The van der Waals surface area contributed by atoms with Gasteiger partial charge in [-0.15, -0.1) is 11.3 Å². The molecule has 0 radical (unpaired) electrons. The summed E-state index contributed by atoms with van der Waals surface area (Å²) in [5.41, 5.74) is 3.23. The predicted octanol–water partition coefficient (Wildman–Crippen LogP) is 6.52. The van der Waals surface area contributed by atoms with Crippen molar-refractivity contribution in [1.29, 1.82) is 0 Å². The smallest absolute Gasteiger partial charge is 0.266 e. The van der Waals surface area contributed by atoms with E-state index >= 15 is 0 Å². The number of benzene rings is 3. The molecule has 3 aromatic carbocycles. The van der Waals surface area contributed by atoms with E-state index in [-0.39, 0.29) is 5.56 Å². The molecule has 0 saturated heterocycles. The van der Waals surface area contributed by atoms with Crippen LogP contribution in [0.15, 0.2) is 105 Å². The second-order valence-electron chi connectivity index (χ2n) is 7.79. The summed E-state index contributed by atoms with van der Waals surface area (Å²) >= 11 is 2.99. The lowest BCUT2D eigenvalue weighted by atomic mass is 10.2. The van der Waals surface area contributed by atoms with Gasteiger partial charge in [0.1, 0.15) is 5.03 Å². The Bertz CT molecular complexity index is 1730. The Hall–Kier alpha value is -3.81. The van der Waals surface area contributed by atoms with Crippen LogP contribution in [-0.2, 0) is 0 Å². The molecule has 5 nitrogen and oxygen atoms in total. The van der Waals surface area contributed by atoms with E-state index in [1.807, 2.05) is 97.2 Å². The molecule has 0 bridgehead atoms. The Morgan fingerprint density at radius 2 is 1.47 bits per heavy atom. The Kier molecular flexibility index (Phi) is 5.20. The van der Waals surface area contributed by atoms with Gasteiger partial charge < -0.3 is 0 Å². The molecule has 0 unspecified atom stereocenters. The first-order chi connectivity index (χ1) is 16.7. The van der Waals surface area contributed by atoms with Crippen molar-refractivity contribution in [2.75, 3.05) is 0 Å². The molecule has 7 heteroatoms. The maximum atomic E-state index is 13.7. The lowest BCUT2D eigenvalue weighted by Gasteiger charge is -2.15. The molecular formula is C27H18N4OS2. The molecule has 0 amide bonds. The molecule has 6 aromatic rings. The molecule has 0 spiro atoms. The third-order valence-corrected chi connectivity index (χ3v) is 7.43. The van der Waals surface area contributed by atoms with Crippen molar-refractivity contribution in [2.24, 2.45) is 0 Å². The molecule has 0 aliphatic heterocycles. The van der Waals surface area contributed by atoms with Crippen molar-refractivity contribution in [3.8, 4) is 16.4 Å². The van der Waals surface area contributed by atoms with Crippen LogP contribution in [-0.4, -0.2) is 19.5 Å². The van der Waals surface area contributed by atoms with Gasteiger partial charge in [-0.2, -0.15) is 0 Å². The van der Waals surface area contributed by atoms with Crippen LogP contribution >= 0.6 is 23.1 Å². The molecule has 0 N–H and O–H groups in total. The standard InChI is InChI=1S/C27H18N4OS2/c1-17-9-2-7-14-22(17)31-26(32)19-11-4-6-13-21(19)29-27(31)34-25-18-10-3-5-12-20(18)28-24(30-25)23-15-8-16-33-23/h2-16H,1H3. The van der Waals surface area contributed by atoms with Crippen molar-refractivity contribution in [3.05, 3.63) is 106 Å². The van der Waals surface area contributed by atoms with E-state index in [0.29, 0.717) is 21.9 Å². The number of fused-ring (bicyclic) bond motifs is 2. The Morgan fingerprint density at radius 1 is 0.765 bits per heavy atom. The minimum atomic E-state index is -0.0979. The van der Waals surface area contributed by atoms with Crippen LogP contribution in [0.2, 0.25) is 0 Å². The van der Waals surface area contributed by atoms with Crippen molar-refractivity contribution in [1.82, 2.24) is 19.5 Å². The number of nitrogens with zero attached hydrogens (tertiary/aromatic N) is 4. The van der Waals surface area contributed by atoms with E-state index in [4.69, 9.17) is 15.0 Å². The summed E-state index contributed by atoms with van der Waals surface area (Å²) in [5, 5.41) is 4.85. The first-order valence-corrected chi connectivity index (χ1v) is 12.4. The number of thiophene rings is 1. The summed E-state index contributed by atoms with van der Waals surface area (Å²) in [5.74, 6) is 0.668. The Labute approximate surface area is 203 Å². The van der Waals surface area contributed by atoms with E-state index < -0.39 is 0 Å². The summed E-state index contributed by atoms with van der Waals surface area (Å²) in [6.45, 7) is 2.00. The van der Waals surface area contributed by atoms with Gasteiger partial charge in [-0.05, 0) is 60.0 Å². The van der Waals surface area contributed by atoms with Crippen LogP contribution in [0.4, 0.5) is 0 Å². The maximum Gasteiger partial charge on any atom is 0.266 e. The topological polar surface area (TPSA) is 60.7 Å². The van der Waals surface area contributed by atoms with Gasteiger partial charge in [0.25, 0.3) is 5.56 Å². The average molecular weight is 479 g/mol. The first-order valence-electron chi connectivity index (χ1n) is 10.8. The van der Waals surface area contributed by atoms with E-state index in [2.05, 4.69) is 0 Å². The summed E-state index contributed by atoms with van der Waals surface area (Å²) < 4.78 is 1.70. The van der Waals surface area contributed by atoms with E-state index in [1.165, 1.54) is 11.8 Å². The van der Waals surface area contributed by atoms with Gasteiger partial charge in [-0.25, -0.2) is 15.0 Å². The fraction of sp³-hybridized carbons (Fsp3) is 0.0370. The molecular weight excluding hydrogens is 460 g/mol. The van der Waals surface area contributed by atoms with Gasteiger partial charge in [0.2, 0.25) is 0 Å². The molecule has 0 aliphatic rings. The zero-order chi connectivity index (χ0) is 23.1. The Balaban J connectivity index is 1.62. The lowest BCUT2D eigenvalue weighted by molar-refractivity contribution is 0.813. The molecule has 3 heterocycles. The molecule has 164 valence electrons. The number of aryl methyl sites for hydroxylation is 1. The fourth-order valence-electron chi connectivity index (χ4n) is 3.94. The summed E-state index contributed by atoms with van der Waals surface area (Å²) in [6.07, 6.45) is 0. The number of para-hydroxylation sites is 3. The third kappa shape index (κ3) is 3.59. The third-order valence-electron chi connectivity index (χ3n) is 5.60. The highest BCUT2D eigenvalue weighted by atomic mass is 32.2. The quantitative estimate of drug-likeness (QED) is 0.213. The molecule has 0 saturated carbocycles. The molecule has 3 aromatic heterocycles. The number of rotatable bonds is 4. The number of aromatic nitrogens is 4. The Morgan fingerprint density at radius 3 is 2.24 bits per heavy atom. The zero-order valence-corrected chi connectivity index (χ0v) is 19.8. The second-order valence-corrected chi connectivity index (χ2v) is 9.69. The lowest BCUT2D eigenvalue weighted by Crippen LogP contribution is -2.22. The molecule has 6 rings (SSSR count). The van der Waals surface area contributed by atoms with Crippen molar-refractivity contribution in [3.63, 3.8) is 0 Å². The van der Waals surface area contributed by atoms with Crippen LogP contribution in [0.3, 0.4) is 0 Å². The van der Waals surface area contributed by atoms with Crippen LogP contribution in [0.5, 0.6) is 0 Å². The summed E-state index contributed by atoms with van der Waals surface area (Å²) in [6, 6.07) is 27.3. The molecule has 0 atom stereocenters. The van der Waals surface area contributed by atoms with Gasteiger partial charge >= 0.3 is 0 Å². The van der Waals surface area contributed by atoms with Gasteiger partial charge in [0.15, 0.2) is 11.0 Å². The number of hydrogen-bond donors (Lipinski definition) is 0. The fourth-order valence-corrected chi connectivity index (χ4v) is 5.60. The summed E-state index contributed by atoms with van der Waals surface area (Å²) in [7, 11) is 0. The highest BCUT2D eigenvalue weighted by Gasteiger charge is 2.18. The van der Waals surface area contributed by atoms with Crippen molar-refractivity contribution >= 4 is 44.9 Å². The van der Waals surface area contributed by atoms with Crippen molar-refractivity contribution in [2.45, 2.75) is 17.1 Å². The van der Waals surface area contributed by atoms with Crippen molar-refractivity contribution < 1.29 is 0 Å². The van der Waals surface area contributed by atoms with Crippen LogP contribution < -0.4 is 5.56 Å². The maximum absolute atomic E-state index is 13.7. The summed E-state index contributed by atoms with van der Waals surface area (Å²) in [4.78, 5) is 29.3. The van der Waals surface area contributed by atoms with Crippen LogP contribution in [0, 0.1) is 6.92 Å². The second kappa shape index (κ2) is 8.52.